The summed E-state index contributed by atoms with van der Waals surface area (Å²) in [6.45, 7) is 9.81. The summed E-state index contributed by atoms with van der Waals surface area (Å²) in [7, 11) is 0. The van der Waals surface area contributed by atoms with E-state index in [1.165, 1.54) is 5.57 Å². The Hall–Kier alpha value is -0.630. The van der Waals surface area contributed by atoms with Crippen LogP contribution in [0, 0.1) is 0 Å². The standard InChI is InChI=1S/C11H21NO/c1-5-7-13-9-11(6-2)12-8-10(3)4/h8H,5-7,9H2,1-4H3/b12-11+. The Kier molecular flexibility index (Phi) is 7.60. The monoisotopic (exact) mass is 183 g/mol. The maximum absolute atomic E-state index is 5.41. The number of hydrogen-bond donors (Lipinski definition) is 0. The molecule has 2 heteroatoms. The first-order valence-electron chi connectivity index (χ1n) is 4.97. The Bertz CT molecular complexity index is 179. The van der Waals surface area contributed by atoms with E-state index in [0.29, 0.717) is 6.61 Å². The first kappa shape index (κ1) is 12.4. The van der Waals surface area contributed by atoms with Gasteiger partial charge in [-0.05, 0) is 26.7 Å². The molecule has 0 aromatic heterocycles. The number of ether oxygens (including phenoxy) is 1. The number of rotatable bonds is 6. The van der Waals surface area contributed by atoms with Crippen LogP contribution in [0.3, 0.4) is 0 Å². The lowest BCUT2D eigenvalue weighted by atomic mass is 10.3. The fourth-order valence-electron chi connectivity index (χ4n) is 0.785. The molecule has 0 rings (SSSR count). The van der Waals surface area contributed by atoms with Crippen molar-refractivity contribution in [2.75, 3.05) is 13.2 Å². The molecule has 0 amide bonds. The van der Waals surface area contributed by atoms with Crippen molar-refractivity contribution in [3.05, 3.63) is 11.8 Å². The van der Waals surface area contributed by atoms with Gasteiger partial charge < -0.3 is 4.74 Å². The molecule has 0 spiro atoms. The molecule has 76 valence electrons. The quantitative estimate of drug-likeness (QED) is 0.458. The molecular formula is C11H21NO. The SMILES string of the molecule is CCCOC/C(CC)=N/C=C(C)C. The summed E-state index contributed by atoms with van der Waals surface area (Å²) in [5, 5.41) is 0. The lowest BCUT2D eigenvalue weighted by Crippen LogP contribution is -2.07. The van der Waals surface area contributed by atoms with E-state index in [4.69, 9.17) is 4.74 Å². The molecule has 0 unspecified atom stereocenters. The summed E-state index contributed by atoms with van der Waals surface area (Å²) in [6, 6.07) is 0. The number of nitrogens with zero attached hydrogens (tertiary/aromatic N) is 1. The van der Waals surface area contributed by atoms with Crippen LogP contribution in [-0.2, 0) is 4.74 Å². The summed E-state index contributed by atoms with van der Waals surface area (Å²) >= 11 is 0. The van der Waals surface area contributed by atoms with Gasteiger partial charge in [0.25, 0.3) is 0 Å². The average Bonchev–Trinajstić information content (AvgIpc) is 2.10. The van der Waals surface area contributed by atoms with Gasteiger partial charge in [-0.1, -0.05) is 19.4 Å². The summed E-state index contributed by atoms with van der Waals surface area (Å²) in [4.78, 5) is 4.34. The molecule has 0 heterocycles. The van der Waals surface area contributed by atoms with Crippen LogP contribution in [0.5, 0.6) is 0 Å². The first-order chi connectivity index (χ1) is 6.20. The fraction of sp³-hybridized carbons (Fsp3) is 0.727. The second-order valence-electron chi connectivity index (χ2n) is 3.31. The smallest absolute Gasteiger partial charge is 0.0848 e. The number of aliphatic imine (C=N–C) groups is 1. The third-order valence-corrected chi connectivity index (χ3v) is 1.53. The van der Waals surface area contributed by atoms with Gasteiger partial charge in [0.05, 0.1) is 6.61 Å². The number of allylic oxidation sites excluding steroid dienone is 1. The Morgan fingerprint density at radius 1 is 1.31 bits per heavy atom. The molecule has 0 aromatic carbocycles. The minimum absolute atomic E-state index is 0.675. The maximum Gasteiger partial charge on any atom is 0.0848 e. The van der Waals surface area contributed by atoms with E-state index in [1.807, 2.05) is 20.0 Å². The first-order valence-corrected chi connectivity index (χ1v) is 4.97. The molecule has 0 aliphatic carbocycles. The van der Waals surface area contributed by atoms with Crippen LogP contribution in [0.2, 0.25) is 0 Å². The van der Waals surface area contributed by atoms with Crippen LogP contribution in [-0.4, -0.2) is 18.9 Å². The second-order valence-corrected chi connectivity index (χ2v) is 3.31. The van der Waals surface area contributed by atoms with Crippen molar-refractivity contribution in [1.29, 1.82) is 0 Å². The Morgan fingerprint density at radius 3 is 2.46 bits per heavy atom. The predicted octanol–water partition coefficient (Wildman–Crippen LogP) is 3.19. The molecule has 0 fully saturated rings. The normalized spacial score (nSPS) is 11.5. The lowest BCUT2D eigenvalue weighted by Gasteiger charge is -2.03. The lowest BCUT2D eigenvalue weighted by molar-refractivity contribution is 0.171. The molecule has 0 bridgehead atoms. The van der Waals surface area contributed by atoms with E-state index in [-0.39, 0.29) is 0 Å². The van der Waals surface area contributed by atoms with Crippen LogP contribution >= 0.6 is 0 Å². The minimum atomic E-state index is 0.675. The highest BCUT2D eigenvalue weighted by Gasteiger charge is 1.94. The maximum atomic E-state index is 5.41. The van der Waals surface area contributed by atoms with Gasteiger partial charge in [-0.25, -0.2) is 0 Å². The zero-order valence-electron chi connectivity index (χ0n) is 9.26. The molecule has 0 aliphatic rings. The van der Waals surface area contributed by atoms with Gasteiger partial charge in [-0.15, -0.1) is 0 Å². The van der Waals surface area contributed by atoms with Crippen LogP contribution in [0.15, 0.2) is 16.8 Å². The van der Waals surface area contributed by atoms with Gasteiger partial charge in [-0.3, -0.25) is 4.99 Å². The van der Waals surface area contributed by atoms with Gasteiger partial charge in [-0.2, -0.15) is 0 Å². The van der Waals surface area contributed by atoms with Crippen LogP contribution in [0.1, 0.15) is 40.5 Å². The van der Waals surface area contributed by atoms with E-state index in [2.05, 4.69) is 18.8 Å². The van der Waals surface area contributed by atoms with Crippen molar-refractivity contribution in [3.8, 4) is 0 Å². The zero-order chi connectivity index (χ0) is 10.1. The number of hydrogen-bond acceptors (Lipinski definition) is 2. The van der Waals surface area contributed by atoms with Crippen molar-refractivity contribution in [2.45, 2.75) is 40.5 Å². The van der Waals surface area contributed by atoms with Crippen LogP contribution in [0.25, 0.3) is 0 Å². The molecule has 0 saturated carbocycles. The van der Waals surface area contributed by atoms with E-state index < -0.39 is 0 Å². The highest BCUT2D eigenvalue weighted by Crippen LogP contribution is 1.94. The van der Waals surface area contributed by atoms with E-state index >= 15 is 0 Å². The summed E-state index contributed by atoms with van der Waals surface area (Å²) < 4.78 is 5.41. The summed E-state index contributed by atoms with van der Waals surface area (Å²) in [5.41, 5.74) is 2.34. The molecule has 13 heavy (non-hydrogen) atoms. The fourth-order valence-corrected chi connectivity index (χ4v) is 0.785. The molecule has 0 aromatic rings. The van der Waals surface area contributed by atoms with Gasteiger partial charge in [0.2, 0.25) is 0 Å². The van der Waals surface area contributed by atoms with Crippen LogP contribution in [0.4, 0.5) is 0 Å². The highest BCUT2D eigenvalue weighted by atomic mass is 16.5. The third-order valence-electron chi connectivity index (χ3n) is 1.53. The average molecular weight is 183 g/mol. The molecule has 2 nitrogen and oxygen atoms in total. The van der Waals surface area contributed by atoms with Crippen LogP contribution < -0.4 is 0 Å². The Labute approximate surface area is 81.7 Å². The van der Waals surface area contributed by atoms with Gasteiger partial charge >= 0.3 is 0 Å². The third kappa shape index (κ3) is 7.72. The van der Waals surface area contributed by atoms with Crippen molar-refractivity contribution in [1.82, 2.24) is 0 Å². The molecule has 0 radical (unpaired) electrons. The molecule has 0 saturated heterocycles. The topological polar surface area (TPSA) is 21.6 Å². The van der Waals surface area contributed by atoms with Crippen molar-refractivity contribution < 1.29 is 4.74 Å². The highest BCUT2D eigenvalue weighted by molar-refractivity contribution is 5.85. The van der Waals surface area contributed by atoms with E-state index in [9.17, 15) is 0 Å². The van der Waals surface area contributed by atoms with Crippen molar-refractivity contribution >= 4 is 5.71 Å². The minimum Gasteiger partial charge on any atom is -0.376 e. The zero-order valence-corrected chi connectivity index (χ0v) is 9.26. The van der Waals surface area contributed by atoms with Gasteiger partial charge in [0.15, 0.2) is 0 Å². The molecule has 0 aliphatic heterocycles. The van der Waals surface area contributed by atoms with Crippen molar-refractivity contribution in [3.63, 3.8) is 0 Å². The molecule has 0 atom stereocenters. The van der Waals surface area contributed by atoms with Gasteiger partial charge in [0, 0.05) is 18.5 Å². The molecule has 0 N–H and O–H groups in total. The Balaban J connectivity index is 3.87. The summed E-state index contributed by atoms with van der Waals surface area (Å²) in [6.07, 6.45) is 3.93. The van der Waals surface area contributed by atoms with Crippen molar-refractivity contribution in [2.24, 2.45) is 4.99 Å². The summed E-state index contributed by atoms with van der Waals surface area (Å²) in [5.74, 6) is 0. The predicted molar refractivity (Wildman–Crippen MR) is 58.3 cm³/mol. The van der Waals surface area contributed by atoms with Gasteiger partial charge in [0.1, 0.15) is 0 Å². The van der Waals surface area contributed by atoms with E-state index in [0.717, 1.165) is 25.2 Å². The molecular weight excluding hydrogens is 162 g/mol. The largest absolute Gasteiger partial charge is 0.376 e. The van der Waals surface area contributed by atoms with E-state index in [1.54, 1.807) is 0 Å². The second kappa shape index (κ2) is 7.99. The Morgan fingerprint density at radius 2 is 2.00 bits per heavy atom.